The zero-order valence-corrected chi connectivity index (χ0v) is 8.60. The molecule has 6 heteroatoms. The molecule has 0 aliphatic rings. The van der Waals surface area contributed by atoms with Gasteiger partial charge in [0.2, 0.25) is 5.28 Å². The van der Waals surface area contributed by atoms with Crippen LogP contribution in [0.25, 0.3) is 16.7 Å². The van der Waals surface area contributed by atoms with Gasteiger partial charge in [0.05, 0.1) is 5.39 Å². The third-order valence-corrected chi connectivity index (χ3v) is 2.36. The van der Waals surface area contributed by atoms with E-state index < -0.39 is 0 Å². The van der Waals surface area contributed by atoms with Crippen LogP contribution in [0.4, 0.5) is 0 Å². The van der Waals surface area contributed by atoms with Crippen LogP contribution >= 0.6 is 11.6 Å². The van der Waals surface area contributed by atoms with Crippen molar-refractivity contribution >= 4 is 28.3 Å². The fourth-order valence-corrected chi connectivity index (χ4v) is 1.71. The molecule has 5 nitrogen and oxygen atoms in total. The number of halogens is 1. The number of hydrogen-bond acceptors (Lipinski definition) is 4. The van der Waals surface area contributed by atoms with Gasteiger partial charge < -0.3 is 0 Å². The quantitative estimate of drug-likeness (QED) is 0.540. The monoisotopic (exact) mass is 219 g/mol. The number of pyridine rings is 1. The van der Waals surface area contributed by atoms with Crippen LogP contribution in [0.5, 0.6) is 0 Å². The van der Waals surface area contributed by atoms with Crippen molar-refractivity contribution in [2.24, 2.45) is 0 Å². The van der Waals surface area contributed by atoms with Gasteiger partial charge in [-0.15, -0.1) is 5.10 Å². The highest BCUT2D eigenvalue weighted by molar-refractivity contribution is 6.29. The third kappa shape index (κ3) is 1.16. The summed E-state index contributed by atoms with van der Waals surface area (Å²) >= 11 is 5.96. The van der Waals surface area contributed by atoms with Gasteiger partial charge in [-0.05, 0) is 30.7 Å². The summed E-state index contributed by atoms with van der Waals surface area (Å²) < 4.78 is 1.51. The van der Waals surface area contributed by atoms with Gasteiger partial charge in [-0.3, -0.25) is 0 Å². The Kier molecular flexibility index (Phi) is 1.63. The van der Waals surface area contributed by atoms with E-state index in [9.17, 15) is 0 Å². The van der Waals surface area contributed by atoms with E-state index in [1.54, 1.807) is 6.20 Å². The lowest BCUT2D eigenvalue weighted by molar-refractivity contribution is 0.907. The van der Waals surface area contributed by atoms with Gasteiger partial charge in [0, 0.05) is 6.20 Å². The SMILES string of the molecule is Cc1nc2c3cccnc3nc(Cl)n2n1. The highest BCUT2D eigenvalue weighted by Crippen LogP contribution is 2.18. The topological polar surface area (TPSA) is 56.0 Å². The Labute approximate surface area is 89.7 Å². The average molecular weight is 220 g/mol. The molecule has 0 unspecified atom stereocenters. The van der Waals surface area contributed by atoms with Crippen molar-refractivity contribution in [1.82, 2.24) is 24.6 Å². The third-order valence-electron chi connectivity index (χ3n) is 2.11. The van der Waals surface area contributed by atoms with E-state index in [2.05, 4.69) is 20.1 Å². The smallest absolute Gasteiger partial charge is 0.227 e. The zero-order valence-electron chi connectivity index (χ0n) is 7.85. The average Bonchev–Trinajstić information content (AvgIpc) is 2.61. The van der Waals surface area contributed by atoms with Crippen LogP contribution in [0.2, 0.25) is 5.28 Å². The maximum Gasteiger partial charge on any atom is 0.227 e. The molecule has 3 aromatic rings. The minimum Gasteiger partial charge on any atom is -0.236 e. The van der Waals surface area contributed by atoms with Crippen molar-refractivity contribution in [2.45, 2.75) is 6.92 Å². The molecule has 3 rings (SSSR count). The molecule has 0 bridgehead atoms. The maximum atomic E-state index is 5.96. The van der Waals surface area contributed by atoms with Gasteiger partial charge in [-0.25, -0.2) is 9.97 Å². The highest BCUT2D eigenvalue weighted by atomic mass is 35.5. The van der Waals surface area contributed by atoms with Crippen LogP contribution in [0.3, 0.4) is 0 Å². The minimum atomic E-state index is 0.275. The van der Waals surface area contributed by atoms with Crippen LogP contribution in [0.15, 0.2) is 18.3 Å². The van der Waals surface area contributed by atoms with Crippen molar-refractivity contribution in [3.05, 3.63) is 29.4 Å². The number of hydrogen-bond donors (Lipinski definition) is 0. The first-order chi connectivity index (χ1) is 7.25. The molecule has 0 aromatic carbocycles. The fraction of sp³-hybridized carbons (Fsp3) is 0.111. The molecule has 0 amide bonds. The van der Waals surface area contributed by atoms with Crippen molar-refractivity contribution < 1.29 is 0 Å². The van der Waals surface area contributed by atoms with Gasteiger partial charge in [0.1, 0.15) is 5.82 Å². The van der Waals surface area contributed by atoms with E-state index in [0.717, 1.165) is 5.39 Å². The Hall–Kier alpha value is -1.75. The van der Waals surface area contributed by atoms with E-state index >= 15 is 0 Å². The van der Waals surface area contributed by atoms with Gasteiger partial charge in [0.25, 0.3) is 0 Å². The lowest BCUT2D eigenvalue weighted by Crippen LogP contribution is -1.95. The van der Waals surface area contributed by atoms with Crippen molar-refractivity contribution in [3.8, 4) is 0 Å². The van der Waals surface area contributed by atoms with Gasteiger partial charge in [-0.1, -0.05) is 0 Å². The Morgan fingerprint density at radius 3 is 3.07 bits per heavy atom. The summed E-state index contributed by atoms with van der Waals surface area (Å²) in [6.45, 7) is 1.81. The Morgan fingerprint density at radius 2 is 2.20 bits per heavy atom. The van der Waals surface area contributed by atoms with Crippen LogP contribution in [-0.2, 0) is 0 Å². The molecule has 3 heterocycles. The number of nitrogens with zero attached hydrogens (tertiary/aromatic N) is 5. The van der Waals surface area contributed by atoms with Crippen molar-refractivity contribution in [3.63, 3.8) is 0 Å². The second-order valence-electron chi connectivity index (χ2n) is 3.15. The van der Waals surface area contributed by atoms with Crippen LogP contribution in [0, 0.1) is 6.92 Å². The number of rotatable bonds is 0. The number of aryl methyl sites for hydroxylation is 1. The van der Waals surface area contributed by atoms with E-state index in [4.69, 9.17) is 11.6 Å². The molecule has 0 saturated heterocycles. The van der Waals surface area contributed by atoms with E-state index in [-0.39, 0.29) is 5.28 Å². The summed E-state index contributed by atoms with van der Waals surface area (Å²) in [4.78, 5) is 12.5. The minimum absolute atomic E-state index is 0.275. The van der Waals surface area contributed by atoms with Crippen LogP contribution in [0.1, 0.15) is 5.82 Å². The maximum absolute atomic E-state index is 5.96. The highest BCUT2D eigenvalue weighted by Gasteiger charge is 2.10. The molecular weight excluding hydrogens is 214 g/mol. The standard InChI is InChI=1S/C9H6ClN5/c1-5-12-8-6-3-2-4-11-7(6)13-9(10)15(8)14-5/h2-4H,1H3. The largest absolute Gasteiger partial charge is 0.236 e. The fourth-order valence-electron chi connectivity index (χ4n) is 1.51. The Morgan fingerprint density at radius 1 is 1.33 bits per heavy atom. The molecule has 0 N–H and O–H groups in total. The molecule has 74 valence electrons. The van der Waals surface area contributed by atoms with E-state index in [1.165, 1.54) is 4.52 Å². The number of aromatic nitrogens is 5. The molecule has 0 fully saturated rings. The first-order valence-electron chi connectivity index (χ1n) is 4.39. The zero-order chi connectivity index (χ0) is 10.4. The van der Waals surface area contributed by atoms with E-state index in [0.29, 0.717) is 17.1 Å². The normalized spacial score (nSPS) is 11.3. The first-order valence-corrected chi connectivity index (χ1v) is 4.77. The van der Waals surface area contributed by atoms with Crippen LogP contribution < -0.4 is 0 Å². The molecule has 0 aliphatic heterocycles. The Bertz CT molecular complexity index is 660. The van der Waals surface area contributed by atoms with Crippen LogP contribution in [-0.4, -0.2) is 24.6 Å². The summed E-state index contributed by atoms with van der Waals surface area (Å²) in [7, 11) is 0. The lowest BCUT2D eigenvalue weighted by atomic mass is 10.3. The lowest BCUT2D eigenvalue weighted by Gasteiger charge is -1.98. The summed E-state index contributed by atoms with van der Waals surface area (Å²) in [6, 6.07) is 3.73. The van der Waals surface area contributed by atoms with Crippen molar-refractivity contribution in [2.75, 3.05) is 0 Å². The molecule has 0 spiro atoms. The predicted octanol–water partition coefficient (Wildman–Crippen LogP) is 1.63. The molecule has 0 saturated carbocycles. The summed E-state index contributed by atoms with van der Waals surface area (Å²) in [5, 5.41) is 5.27. The molecule has 0 radical (unpaired) electrons. The molecule has 0 aliphatic carbocycles. The van der Waals surface area contributed by atoms with Gasteiger partial charge >= 0.3 is 0 Å². The molecule has 3 aromatic heterocycles. The summed E-state index contributed by atoms with van der Waals surface area (Å²) in [5.74, 6) is 0.662. The van der Waals surface area contributed by atoms with Gasteiger partial charge in [-0.2, -0.15) is 9.50 Å². The summed E-state index contributed by atoms with van der Waals surface area (Å²) in [5.41, 5.74) is 1.28. The summed E-state index contributed by atoms with van der Waals surface area (Å²) in [6.07, 6.45) is 1.67. The molecule has 0 atom stereocenters. The van der Waals surface area contributed by atoms with Gasteiger partial charge in [0.15, 0.2) is 11.3 Å². The second kappa shape index (κ2) is 2.87. The van der Waals surface area contributed by atoms with E-state index in [1.807, 2.05) is 19.1 Å². The van der Waals surface area contributed by atoms with Crippen molar-refractivity contribution in [1.29, 1.82) is 0 Å². The molecule has 15 heavy (non-hydrogen) atoms. The predicted molar refractivity (Wildman–Crippen MR) is 55.8 cm³/mol. The Balaban J connectivity index is 2.63. The second-order valence-corrected chi connectivity index (χ2v) is 3.49. The first kappa shape index (κ1) is 8.55. The molecular formula is C9H6ClN5. The number of fused-ring (bicyclic) bond motifs is 3.